The van der Waals surface area contributed by atoms with Crippen LogP contribution in [0, 0.1) is 6.92 Å². The van der Waals surface area contributed by atoms with Gasteiger partial charge in [-0.05, 0) is 27.2 Å². The number of nitrogen functional groups attached to an aromatic ring is 1. The van der Waals surface area contributed by atoms with E-state index in [9.17, 15) is 0 Å². The molecule has 104 valence electrons. The van der Waals surface area contributed by atoms with E-state index in [1.54, 1.807) is 11.3 Å². The lowest BCUT2D eigenvalue weighted by atomic mass is 10.2. The molecule has 0 aliphatic carbocycles. The molecule has 3 N–H and O–H groups in total. The maximum absolute atomic E-state index is 6.13. The first-order chi connectivity index (χ1) is 9.04. The van der Waals surface area contributed by atoms with Gasteiger partial charge in [0.15, 0.2) is 0 Å². The average molecular weight is 279 g/mol. The second kappa shape index (κ2) is 5.61. The van der Waals surface area contributed by atoms with E-state index >= 15 is 0 Å². The summed E-state index contributed by atoms with van der Waals surface area (Å²) in [4.78, 5) is 4.38. The summed E-state index contributed by atoms with van der Waals surface area (Å²) < 4.78 is 1.95. The maximum atomic E-state index is 6.13. The van der Waals surface area contributed by atoms with E-state index in [1.165, 1.54) is 0 Å². The van der Waals surface area contributed by atoms with Crippen molar-refractivity contribution in [1.82, 2.24) is 14.8 Å². The van der Waals surface area contributed by atoms with Gasteiger partial charge in [0.25, 0.3) is 0 Å². The molecular weight excluding hydrogens is 258 g/mol. The molecule has 6 heteroatoms. The fourth-order valence-electron chi connectivity index (χ4n) is 1.99. The number of anilines is 2. The highest BCUT2D eigenvalue weighted by Crippen LogP contribution is 2.31. The van der Waals surface area contributed by atoms with Crippen LogP contribution in [0.2, 0.25) is 0 Å². The third-order valence-electron chi connectivity index (χ3n) is 3.09. The normalized spacial score (nSPS) is 12.9. The third kappa shape index (κ3) is 2.73. The van der Waals surface area contributed by atoms with Gasteiger partial charge in [0.2, 0.25) is 0 Å². The van der Waals surface area contributed by atoms with Crippen molar-refractivity contribution in [3.8, 4) is 0 Å². The van der Waals surface area contributed by atoms with Crippen molar-refractivity contribution in [2.45, 2.75) is 46.2 Å². The van der Waals surface area contributed by atoms with E-state index in [0.717, 1.165) is 28.6 Å². The lowest BCUT2D eigenvalue weighted by molar-refractivity contribution is 0.530. The lowest BCUT2D eigenvalue weighted by Crippen LogP contribution is -2.15. The first-order valence-electron chi connectivity index (χ1n) is 6.55. The predicted molar refractivity (Wildman–Crippen MR) is 80.5 cm³/mol. The Balaban J connectivity index is 2.31. The maximum Gasteiger partial charge on any atom is 0.148 e. The minimum Gasteiger partial charge on any atom is -0.394 e. The van der Waals surface area contributed by atoms with Crippen molar-refractivity contribution < 1.29 is 0 Å². The van der Waals surface area contributed by atoms with Crippen molar-refractivity contribution in [1.29, 1.82) is 0 Å². The second-order valence-electron chi connectivity index (χ2n) is 4.86. The molecule has 2 heterocycles. The topological polar surface area (TPSA) is 68.8 Å². The van der Waals surface area contributed by atoms with Crippen LogP contribution < -0.4 is 11.1 Å². The molecule has 19 heavy (non-hydrogen) atoms. The van der Waals surface area contributed by atoms with Gasteiger partial charge in [0.1, 0.15) is 10.8 Å². The minimum absolute atomic E-state index is 0.177. The van der Waals surface area contributed by atoms with Gasteiger partial charge in [0, 0.05) is 17.6 Å². The van der Waals surface area contributed by atoms with E-state index in [-0.39, 0.29) is 12.1 Å². The van der Waals surface area contributed by atoms with Crippen molar-refractivity contribution in [2.75, 3.05) is 11.1 Å². The number of rotatable bonds is 5. The quantitative estimate of drug-likeness (QED) is 0.880. The summed E-state index contributed by atoms with van der Waals surface area (Å²) in [5, 5.41) is 11.1. The SMILES string of the molecule is CCC(Nc1c(N)c(C)nn1C(C)C)c1nccs1. The Bertz CT molecular complexity index is 529. The van der Waals surface area contributed by atoms with E-state index < -0.39 is 0 Å². The second-order valence-corrected chi connectivity index (χ2v) is 5.79. The van der Waals surface area contributed by atoms with Crippen LogP contribution in [-0.2, 0) is 0 Å². The molecule has 2 rings (SSSR count). The highest BCUT2D eigenvalue weighted by molar-refractivity contribution is 7.09. The van der Waals surface area contributed by atoms with E-state index in [4.69, 9.17) is 5.73 Å². The Morgan fingerprint density at radius 3 is 2.74 bits per heavy atom. The molecule has 0 aliphatic rings. The first kappa shape index (κ1) is 13.9. The zero-order chi connectivity index (χ0) is 14.0. The summed E-state index contributed by atoms with van der Waals surface area (Å²) in [6.45, 7) is 8.27. The van der Waals surface area contributed by atoms with Gasteiger partial charge in [0.05, 0.1) is 17.4 Å². The van der Waals surface area contributed by atoms with Crippen LogP contribution in [0.1, 0.15) is 50.0 Å². The van der Waals surface area contributed by atoms with Gasteiger partial charge >= 0.3 is 0 Å². The molecule has 1 atom stereocenters. The van der Waals surface area contributed by atoms with Crippen molar-refractivity contribution in [2.24, 2.45) is 0 Å². The zero-order valence-corrected chi connectivity index (χ0v) is 12.7. The summed E-state index contributed by atoms with van der Waals surface area (Å²) in [6.07, 6.45) is 2.79. The molecule has 1 unspecified atom stereocenters. The Kier molecular flexibility index (Phi) is 4.09. The predicted octanol–water partition coefficient (Wildman–Crippen LogP) is 3.37. The van der Waals surface area contributed by atoms with Crippen LogP contribution in [0.3, 0.4) is 0 Å². The molecule has 2 aromatic heterocycles. The summed E-state index contributed by atoms with van der Waals surface area (Å²) in [6, 6.07) is 0.447. The molecule has 0 amide bonds. The van der Waals surface area contributed by atoms with Crippen LogP contribution in [0.5, 0.6) is 0 Å². The van der Waals surface area contributed by atoms with Crippen molar-refractivity contribution >= 4 is 22.8 Å². The smallest absolute Gasteiger partial charge is 0.148 e. The highest BCUT2D eigenvalue weighted by atomic mass is 32.1. The van der Waals surface area contributed by atoms with Crippen LogP contribution in [0.15, 0.2) is 11.6 Å². The largest absolute Gasteiger partial charge is 0.394 e. The van der Waals surface area contributed by atoms with E-state index in [2.05, 4.69) is 36.2 Å². The fraction of sp³-hybridized carbons (Fsp3) is 0.538. The number of hydrogen-bond acceptors (Lipinski definition) is 5. The Hall–Kier alpha value is -1.56. The summed E-state index contributed by atoms with van der Waals surface area (Å²) in [5.74, 6) is 0.898. The lowest BCUT2D eigenvalue weighted by Gasteiger charge is -2.19. The van der Waals surface area contributed by atoms with Crippen molar-refractivity contribution in [3.63, 3.8) is 0 Å². The highest BCUT2D eigenvalue weighted by Gasteiger charge is 2.19. The van der Waals surface area contributed by atoms with Crippen LogP contribution in [0.4, 0.5) is 11.5 Å². The Morgan fingerprint density at radius 1 is 1.47 bits per heavy atom. The number of nitrogens with two attached hydrogens (primary N) is 1. The standard InChI is InChI=1S/C13H21N5S/c1-5-10(13-15-6-7-19-13)16-12-11(14)9(4)17-18(12)8(2)3/h6-8,10,16H,5,14H2,1-4H3. The molecule has 0 fully saturated rings. The van der Waals surface area contributed by atoms with Crippen LogP contribution in [0.25, 0.3) is 0 Å². The van der Waals surface area contributed by atoms with E-state index in [0.29, 0.717) is 0 Å². The molecular formula is C13H21N5S. The Morgan fingerprint density at radius 2 is 2.21 bits per heavy atom. The molecule has 2 aromatic rings. The fourth-order valence-corrected chi connectivity index (χ4v) is 2.76. The van der Waals surface area contributed by atoms with Gasteiger partial charge in [-0.1, -0.05) is 6.92 Å². The molecule has 0 spiro atoms. The molecule has 0 radical (unpaired) electrons. The molecule has 0 aromatic carbocycles. The van der Waals surface area contributed by atoms with Crippen molar-refractivity contribution in [3.05, 3.63) is 22.3 Å². The Labute approximate surface area is 117 Å². The van der Waals surface area contributed by atoms with Gasteiger partial charge in [-0.2, -0.15) is 5.10 Å². The molecule has 0 aliphatic heterocycles. The summed E-state index contributed by atoms with van der Waals surface area (Å²) in [5.41, 5.74) is 7.73. The minimum atomic E-state index is 0.177. The third-order valence-corrected chi connectivity index (χ3v) is 3.98. The number of thiazole rings is 1. The average Bonchev–Trinajstić information content (AvgIpc) is 2.98. The summed E-state index contributed by atoms with van der Waals surface area (Å²) in [7, 11) is 0. The molecule has 0 saturated heterocycles. The van der Waals surface area contributed by atoms with Crippen LogP contribution in [-0.4, -0.2) is 14.8 Å². The van der Waals surface area contributed by atoms with Gasteiger partial charge < -0.3 is 11.1 Å². The number of nitrogens with zero attached hydrogens (tertiary/aromatic N) is 3. The number of nitrogens with one attached hydrogen (secondary N) is 1. The monoisotopic (exact) mass is 279 g/mol. The molecule has 5 nitrogen and oxygen atoms in total. The number of aromatic nitrogens is 3. The number of hydrogen-bond donors (Lipinski definition) is 2. The van der Waals surface area contributed by atoms with Crippen LogP contribution >= 0.6 is 11.3 Å². The van der Waals surface area contributed by atoms with Gasteiger partial charge in [-0.15, -0.1) is 11.3 Å². The number of aryl methyl sites for hydroxylation is 1. The first-order valence-corrected chi connectivity index (χ1v) is 7.43. The summed E-state index contributed by atoms with van der Waals surface area (Å²) >= 11 is 1.66. The zero-order valence-electron chi connectivity index (χ0n) is 11.8. The van der Waals surface area contributed by atoms with E-state index in [1.807, 2.05) is 23.2 Å². The molecule has 0 saturated carbocycles. The molecule has 0 bridgehead atoms. The van der Waals surface area contributed by atoms with Gasteiger partial charge in [-0.25, -0.2) is 9.67 Å². The van der Waals surface area contributed by atoms with Gasteiger partial charge in [-0.3, -0.25) is 0 Å².